The molecule has 0 radical (unpaired) electrons. The lowest BCUT2D eigenvalue weighted by atomic mass is 9.75. The first-order valence-corrected chi connectivity index (χ1v) is 6.16. The number of Topliss-reactive ketones (excluding diaryl/α,β-unsaturated/α-hetero) is 1. The van der Waals surface area contributed by atoms with Gasteiger partial charge in [0.05, 0.1) is 11.3 Å². The van der Waals surface area contributed by atoms with Gasteiger partial charge in [0.1, 0.15) is 5.76 Å². The molecule has 0 aromatic rings. The lowest BCUT2D eigenvalue weighted by Crippen LogP contribution is -2.29. The second-order valence-corrected chi connectivity index (χ2v) is 5.27. The fraction of sp³-hybridized carbons (Fsp3) is 0.500. The third-order valence-corrected chi connectivity index (χ3v) is 2.89. The largest absolute Gasteiger partial charge is 0.511 e. The zero-order valence-corrected chi connectivity index (χ0v) is 11.5. The molecule has 0 aliphatic heterocycles. The molecule has 0 fully saturated rings. The zero-order valence-electron chi connectivity index (χ0n) is 11.5. The van der Waals surface area contributed by atoms with Crippen molar-refractivity contribution < 1.29 is 19.5 Å². The Hall–Kier alpha value is -1.91. The van der Waals surface area contributed by atoms with E-state index in [0.29, 0.717) is 19.3 Å². The second-order valence-electron chi connectivity index (χ2n) is 5.27. The number of rotatable bonds is 4. The van der Waals surface area contributed by atoms with Gasteiger partial charge in [-0.1, -0.05) is 32.5 Å². The number of hydrogen-bond acceptors (Lipinski definition) is 5. The highest BCUT2D eigenvalue weighted by molar-refractivity contribution is 6.23. The summed E-state index contributed by atoms with van der Waals surface area (Å²) in [5.74, 6) is -0.866. The quantitative estimate of drug-likeness (QED) is 0.367. The number of nitrogens with zero attached hydrogens (tertiary/aromatic N) is 1. The Morgan fingerprint density at radius 1 is 1.53 bits per heavy atom. The van der Waals surface area contributed by atoms with E-state index in [1.807, 2.05) is 13.8 Å². The fourth-order valence-electron chi connectivity index (χ4n) is 2.04. The predicted octanol–water partition coefficient (Wildman–Crippen LogP) is 2.68. The van der Waals surface area contributed by atoms with E-state index in [4.69, 9.17) is 0 Å². The summed E-state index contributed by atoms with van der Waals surface area (Å²) >= 11 is 0. The molecule has 0 aromatic carbocycles. The lowest BCUT2D eigenvalue weighted by molar-refractivity contribution is -0.137. The molecular weight excluding hydrogens is 246 g/mol. The van der Waals surface area contributed by atoms with Gasteiger partial charge in [-0.25, -0.2) is 4.79 Å². The van der Waals surface area contributed by atoms with Crippen molar-refractivity contribution >= 4 is 17.5 Å². The summed E-state index contributed by atoms with van der Waals surface area (Å²) < 4.78 is 0. The summed E-state index contributed by atoms with van der Waals surface area (Å²) in [7, 11) is 0. The molecule has 0 unspecified atom stereocenters. The molecule has 5 nitrogen and oxygen atoms in total. The minimum atomic E-state index is -0.699. The van der Waals surface area contributed by atoms with Gasteiger partial charge in [-0.2, -0.15) is 0 Å². The predicted molar refractivity (Wildman–Crippen MR) is 71.7 cm³/mol. The maximum Gasteiger partial charge on any atom is 0.358 e. The van der Waals surface area contributed by atoms with Crippen LogP contribution >= 0.6 is 0 Å². The molecule has 0 atom stereocenters. The van der Waals surface area contributed by atoms with E-state index in [1.54, 1.807) is 6.92 Å². The lowest BCUT2D eigenvalue weighted by Gasteiger charge is -2.29. The summed E-state index contributed by atoms with van der Waals surface area (Å²) in [6, 6.07) is 0. The highest BCUT2D eigenvalue weighted by Gasteiger charge is 2.34. The molecular formula is C14H19NO4. The Morgan fingerprint density at radius 3 is 2.63 bits per heavy atom. The third kappa shape index (κ3) is 3.77. The highest BCUT2D eigenvalue weighted by Crippen LogP contribution is 2.36. The van der Waals surface area contributed by atoms with Gasteiger partial charge in [0.15, 0.2) is 5.78 Å². The Balaban J connectivity index is 3.07. The Labute approximate surface area is 112 Å². The minimum absolute atomic E-state index is 0.0107. The molecule has 1 aliphatic carbocycles. The first kappa shape index (κ1) is 15.1. The van der Waals surface area contributed by atoms with Crippen LogP contribution in [-0.4, -0.2) is 22.6 Å². The van der Waals surface area contributed by atoms with Crippen LogP contribution in [0.3, 0.4) is 0 Å². The van der Waals surface area contributed by atoms with E-state index in [1.165, 1.54) is 0 Å². The number of oxime groups is 1. The van der Waals surface area contributed by atoms with Gasteiger partial charge in [-0.3, -0.25) is 4.79 Å². The summed E-state index contributed by atoms with van der Waals surface area (Å²) in [5, 5.41) is 13.7. The van der Waals surface area contributed by atoms with Crippen molar-refractivity contribution in [2.45, 2.75) is 40.0 Å². The third-order valence-electron chi connectivity index (χ3n) is 2.89. The molecule has 0 bridgehead atoms. The van der Waals surface area contributed by atoms with Gasteiger partial charge in [0.25, 0.3) is 0 Å². The van der Waals surface area contributed by atoms with Gasteiger partial charge >= 0.3 is 5.97 Å². The van der Waals surface area contributed by atoms with Crippen molar-refractivity contribution in [3.63, 3.8) is 0 Å². The molecule has 19 heavy (non-hydrogen) atoms. The summed E-state index contributed by atoms with van der Waals surface area (Å²) in [6.45, 7) is 8.86. The standard InChI is InChI=1S/C14H19NO4/c1-5-9(15-19-12(18)6-2)13-10(16)7-14(3,4)8-11(13)17/h6,16H,2,5,7-8H2,1,3-4H3. The van der Waals surface area contributed by atoms with Gasteiger partial charge in [-0.05, 0) is 11.8 Å². The van der Waals surface area contributed by atoms with E-state index >= 15 is 0 Å². The van der Waals surface area contributed by atoms with Crippen molar-refractivity contribution in [2.24, 2.45) is 10.6 Å². The second kappa shape index (κ2) is 5.82. The van der Waals surface area contributed by atoms with Crippen LogP contribution in [0.25, 0.3) is 0 Å². The van der Waals surface area contributed by atoms with Crippen LogP contribution in [0.4, 0.5) is 0 Å². The van der Waals surface area contributed by atoms with E-state index < -0.39 is 5.97 Å². The van der Waals surface area contributed by atoms with Crippen molar-refractivity contribution in [2.75, 3.05) is 0 Å². The molecule has 1 rings (SSSR count). The maximum atomic E-state index is 12.1. The molecule has 0 saturated carbocycles. The van der Waals surface area contributed by atoms with Crippen LogP contribution in [0.15, 0.2) is 29.1 Å². The number of aliphatic hydroxyl groups excluding tert-OH is 1. The van der Waals surface area contributed by atoms with E-state index in [2.05, 4.69) is 16.6 Å². The molecule has 0 aromatic heterocycles. The smallest absolute Gasteiger partial charge is 0.358 e. The molecule has 0 amide bonds. The first-order chi connectivity index (χ1) is 8.80. The summed E-state index contributed by atoms with van der Waals surface area (Å²) in [6.07, 6.45) is 2.11. The molecule has 5 heteroatoms. The molecule has 0 spiro atoms. The molecule has 1 N–H and O–H groups in total. The van der Waals surface area contributed by atoms with Crippen LogP contribution in [0.2, 0.25) is 0 Å². The average Bonchev–Trinajstić information content (AvgIpc) is 2.30. The molecule has 0 heterocycles. The van der Waals surface area contributed by atoms with Crippen LogP contribution in [-0.2, 0) is 14.4 Å². The topological polar surface area (TPSA) is 76.0 Å². The van der Waals surface area contributed by atoms with Crippen LogP contribution in [0.1, 0.15) is 40.0 Å². The number of carbonyl (C=O) groups excluding carboxylic acids is 2. The Kier molecular flexibility index (Phi) is 4.64. The van der Waals surface area contributed by atoms with Crippen LogP contribution < -0.4 is 0 Å². The Morgan fingerprint density at radius 2 is 2.16 bits per heavy atom. The SMILES string of the molecule is C=CC(=O)ON=C(CC)C1=C(O)CC(C)(C)CC1=O. The summed E-state index contributed by atoms with van der Waals surface area (Å²) in [5.41, 5.74) is 0.202. The van der Waals surface area contributed by atoms with Crippen LogP contribution in [0.5, 0.6) is 0 Å². The first-order valence-electron chi connectivity index (χ1n) is 6.16. The van der Waals surface area contributed by atoms with Gasteiger partial charge in [0, 0.05) is 18.9 Å². The van der Waals surface area contributed by atoms with E-state index in [-0.39, 0.29) is 28.2 Å². The zero-order chi connectivity index (χ0) is 14.6. The van der Waals surface area contributed by atoms with Gasteiger partial charge < -0.3 is 9.94 Å². The maximum absolute atomic E-state index is 12.1. The number of ketones is 1. The molecule has 104 valence electrons. The number of carbonyl (C=O) groups is 2. The van der Waals surface area contributed by atoms with Gasteiger partial charge in [-0.15, -0.1) is 0 Å². The van der Waals surface area contributed by atoms with Crippen molar-refractivity contribution in [3.05, 3.63) is 24.0 Å². The van der Waals surface area contributed by atoms with E-state index in [9.17, 15) is 14.7 Å². The average molecular weight is 265 g/mol. The van der Waals surface area contributed by atoms with Crippen molar-refractivity contribution in [1.82, 2.24) is 0 Å². The molecule has 0 saturated heterocycles. The Bertz CT molecular complexity index is 472. The number of aliphatic hydroxyl groups is 1. The van der Waals surface area contributed by atoms with Crippen LogP contribution in [0, 0.1) is 5.41 Å². The highest BCUT2D eigenvalue weighted by atomic mass is 16.7. The molecule has 1 aliphatic rings. The normalized spacial score (nSPS) is 19.3. The monoisotopic (exact) mass is 265 g/mol. The van der Waals surface area contributed by atoms with Crippen molar-refractivity contribution in [1.29, 1.82) is 0 Å². The fourth-order valence-corrected chi connectivity index (χ4v) is 2.04. The van der Waals surface area contributed by atoms with E-state index in [0.717, 1.165) is 6.08 Å². The summed E-state index contributed by atoms with van der Waals surface area (Å²) in [4.78, 5) is 27.6. The van der Waals surface area contributed by atoms with Gasteiger partial charge in [0.2, 0.25) is 0 Å². The van der Waals surface area contributed by atoms with Crippen molar-refractivity contribution in [3.8, 4) is 0 Å². The number of allylic oxidation sites excluding steroid dienone is 2. The minimum Gasteiger partial charge on any atom is -0.511 e. The number of hydrogen-bond donors (Lipinski definition) is 1.